The Bertz CT molecular complexity index is 957. The van der Waals surface area contributed by atoms with Crippen LogP contribution in [0.3, 0.4) is 0 Å². The molecular weight excluding hydrogens is 386 g/mol. The zero-order valence-electron chi connectivity index (χ0n) is 16.6. The van der Waals surface area contributed by atoms with Crippen molar-refractivity contribution in [1.82, 2.24) is 9.55 Å². The van der Waals surface area contributed by atoms with Crippen LogP contribution in [0, 0.1) is 16.4 Å². The number of nitrogens with zero attached hydrogens (tertiary/aromatic N) is 1. The van der Waals surface area contributed by atoms with Crippen molar-refractivity contribution in [1.29, 1.82) is 0 Å². The monoisotopic (exact) mass is 410 g/mol. The molecule has 8 heteroatoms. The first-order valence-corrected chi connectivity index (χ1v) is 9.17. The van der Waals surface area contributed by atoms with Crippen molar-refractivity contribution in [3.8, 4) is 0 Å². The van der Waals surface area contributed by atoms with Gasteiger partial charge in [0.15, 0.2) is 22.1 Å². The van der Waals surface area contributed by atoms with Crippen LogP contribution >= 0.6 is 12.2 Å². The Balaban J connectivity index is 2.68. The summed E-state index contributed by atoms with van der Waals surface area (Å²) in [6.45, 7) is 11.0. The summed E-state index contributed by atoms with van der Waals surface area (Å²) in [5.74, 6) is -2.33. The number of hydrogen-bond acceptors (Lipinski definition) is 4. The van der Waals surface area contributed by atoms with Crippen LogP contribution in [0.15, 0.2) is 24.8 Å². The van der Waals surface area contributed by atoms with E-state index in [0.717, 1.165) is 12.1 Å². The van der Waals surface area contributed by atoms with E-state index in [-0.39, 0.29) is 16.2 Å². The first-order valence-electron chi connectivity index (χ1n) is 8.76. The molecular formula is C20H24F2N2O3S. The van der Waals surface area contributed by atoms with Gasteiger partial charge in [-0.2, -0.15) is 0 Å². The van der Waals surface area contributed by atoms with E-state index in [1.54, 1.807) is 25.3 Å². The van der Waals surface area contributed by atoms with Gasteiger partial charge in [0, 0.05) is 0 Å². The van der Waals surface area contributed by atoms with Crippen LogP contribution in [0.5, 0.6) is 0 Å². The van der Waals surface area contributed by atoms with Crippen LogP contribution in [-0.2, 0) is 9.47 Å². The minimum atomic E-state index is -0.961. The summed E-state index contributed by atoms with van der Waals surface area (Å²) >= 11 is 5.42. The van der Waals surface area contributed by atoms with Crippen LogP contribution in [0.25, 0.3) is 5.76 Å². The lowest BCUT2D eigenvalue weighted by molar-refractivity contribution is 0.00623. The second-order valence-corrected chi connectivity index (χ2v) is 7.64. The number of methoxy groups -OCH3 is 1. The minimum Gasteiger partial charge on any atom is -0.495 e. The van der Waals surface area contributed by atoms with Crippen molar-refractivity contribution in [3.05, 3.63) is 58.1 Å². The number of imidazole rings is 1. The Morgan fingerprint density at radius 1 is 1.32 bits per heavy atom. The van der Waals surface area contributed by atoms with Gasteiger partial charge in [-0.15, -0.1) is 0 Å². The average molecular weight is 410 g/mol. The maximum absolute atomic E-state index is 13.8. The summed E-state index contributed by atoms with van der Waals surface area (Å²) in [6.07, 6.45) is 0.495. The number of halogens is 2. The molecule has 0 saturated heterocycles. The fourth-order valence-electron chi connectivity index (χ4n) is 2.88. The molecule has 1 atom stereocenters. The number of nitrogens with one attached hydrogen (secondary N) is 1. The number of aromatic amines is 1. The van der Waals surface area contributed by atoms with E-state index in [2.05, 4.69) is 11.6 Å². The molecule has 28 heavy (non-hydrogen) atoms. The van der Waals surface area contributed by atoms with Crippen molar-refractivity contribution in [2.75, 3.05) is 7.11 Å². The Labute approximate surface area is 168 Å². The summed E-state index contributed by atoms with van der Waals surface area (Å²) in [5, 5.41) is 0. The average Bonchev–Trinajstić information content (AvgIpc) is 2.94. The highest BCUT2D eigenvalue weighted by Crippen LogP contribution is 2.31. The number of H-pyrrole nitrogens is 1. The van der Waals surface area contributed by atoms with E-state index in [1.165, 1.54) is 13.2 Å². The highest BCUT2D eigenvalue weighted by atomic mass is 32.1. The number of hydrogen-bond donors (Lipinski definition) is 1. The fraction of sp³-hybridized carbons (Fsp3) is 0.400. The number of aromatic nitrogens is 2. The van der Waals surface area contributed by atoms with Gasteiger partial charge in [0.2, 0.25) is 0 Å². The summed E-state index contributed by atoms with van der Waals surface area (Å²) < 4.78 is 39.7. The van der Waals surface area contributed by atoms with Crippen molar-refractivity contribution in [3.63, 3.8) is 0 Å². The molecule has 2 rings (SSSR count). The molecule has 1 aromatic heterocycles. The molecule has 0 spiro atoms. The molecule has 0 aliphatic heterocycles. The first kappa shape index (κ1) is 21.8. The third-order valence-electron chi connectivity index (χ3n) is 4.07. The van der Waals surface area contributed by atoms with Crippen LogP contribution < -0.4 is 0 Å². The van der Waals surface area contributed by atoms with E-state index in [4.69, 9.17) is 21.7 Å². The molecule has 1 N–H and O–H groups in total. The highest BCUT2D eigenvalue weighted by molar-refractivity contribution is 7.71. The van der Waals surface area contributed by atoms with Gasteiger partial charge in [-0.05, 0) is 57.1 Å². The molecule has 5 nitrogen and oxygen atoms in total. The number of benzene rings is 1. The van der Waals surface area contributed by atoms with Gasteiger partial charge in [-0.3, -0.25) is 0 Å². The lowest BCUT2D eigenvalue weighted by atomic mass is 10.0. The first-order chi connectivity index (χ1) is 13.0. The maximum atomic E-state index is 13.8. The number of rotatable bonds is 6. The third kappa shape index (κ3) is 4.49. The van der Waals surface area contributed by atoms with E-state index >= 15 is 0 Å². The number of carbonyl (C=O) groups excluding carboxylic acids is 1. The van der Waals surface area contributed by atoms with Gasteiger partial charge in [0.05, 0.1) is 13.2 Å². The Kier molecular flexibility index (Phi) is 6.44. The van der Waals surface area contributed by atoms with Gasteiger partial charge in [-0.25, -0.2) is 13.6 Å². The second kappa shape index (κ2) is 8.26. The maximum Gasteiger partial charge on any atom is 0.357 e. The van der Waals surface area contributed by atoms with E-state index < -0.39 is 29.2 Å². The van der Waals surface area contributed by atoms with E-state index in [1.807, 2.05) is 6.92 Å². The molecule has 152 valence electrons. The smallest absolute Gasteiger partial charge is 0.357 e. The van der Waals surface area contributed by atoms with Gasteiger partial charge in [-0.1, -0.05) is 19.6 Å². The number of carbonyl (C=O) groups is 1. The largest absolute Gasteiger partial charge is 0.495 e. The minimum absolute atomic E-state index is 0.0906. The lowest BCUT2D eigenvalue weighted by Crippen LogP contribution is -2.25. The van der Waals surface area contributed by atoms with Gasteiger partial charge in [0.25, 0.3) is 0 Å². The van der Waals surface area contributed by atoms with Crippen LogP contribution in [0.4, 0.5) is 8.78 Å². The van der Waals surface area contributed by atoms with Crippen LogP contribution in [0.2, 0.25) is 0 Å². The summed E-state index contributed by atoms with van der Waals surface area (Å²) in [6, 6.07) is 3.18. The van der Waals surface area contributed by atoms with Crippen molar-refractivity contribution < 1.29 is 23.0 Å². The standard InChI is InChI=1S/C20H24F2N2O3S/c1-7-15(12-8-9-13(21)14(22)10-12)24-17(11(2)26-6)16(23-19(24)28)18(25)27-20(3,4)5/h8-10,15H,2,7H2,1,3-6H3,(H,23,28). The lowest BCUT2D eigenvalue weighted by Gasteiger charge is -2.22. The summed E-state index contributed by atoms with van der Waals surface area (Å²) in [7, 11) is 1.42. The molecule has 0 aliphatic rings. The van der Waals surface area contributed by atoms with Gasteiger partial charge < -0.3 is 19.0 Å². The topological polar surface area (TPSA) is 56.2 Å². The Morgan fingerprint density at radius 2 is 1.96 bits per heavy atom. The SMILES string of the molecule is C=C(OC)c1c(C(=O)OC(C)(C)C)[nH]c(=S)n1C(CC)c1ccc(F)c(F)c1. The van der Waals surface area contributed by atoms with Crippen LogP contribution in [0.1, 0.15) is 61.9 Å². The predicted octanol–water partition coefficient (Wildman–Crippen LogP) is 5.40. The van der Waals surface area contributed by atoms with Crippen molar-refractivity contribution in [2.45, 2.75) is 45.8 Å². The molecule has 0 amide bonds. The molecule has 1 unspecified atom stereocenters. The fourth-order valence-corrected chi connectivity index (χ4v) is 3.20. The van der Waals surface area contributed by atoms with Crippen molar-refractivity contribution in [2.24, 2.45) is 0 Å². The molecule has 0 saturated carbocycles. The summed E-state index contributed by atoms with van der Waals surface area (Å²) in [5.41, 5.74) is 0.174. The normalized spacial score (nSPS) is 12.5. The molecule has 0 radical (unpaired) electrons. The number of ether oxygens (including phenoxy) is 2. The molecule has 0 aliphatic carbocycles. The highest BCUT2D eigenvalue weighted by Gasteiger charge is 2.29. The molecule has 0 fully saturated rings. The Hall–Kier alpha value is -2.48. The molecule has 1 aromatic carbocycles. The van der Waals surface area contributed by atoms with Gasteiger partial charge in [0.1, 0.15) is 17.1 Å². The predicted molar refractivity (Wildman–Crippen MR) is 106 cm³/mol. The third-order valence-corrected chi connectivity index (χ3v) is 4.37. The quantitative estimate of drug-likeness (QED) is 0.394. The number of esters is 1. The van der Waals surface area contributed by atoms with Crippen molar-refractivity contribution >= 4 is 23.9 Å². The molecule has 2 aromatic rings. The second-order valence-electron chi connectivity index (χ2n) is 7.25. The van der Waals surface area contributed by atoms with E-state index in [0.29, 0.717) is 17.7 Å². The zero-order valence-corrected chi connectivity index (χ0v) is 17.4. The van der Waals surface area contributed by atoms with Gasteiger partial charge >= 0.3 is 5.97 Å². The Morgan fingerprint density at radius 3 is 2.46 bits per heavy atom. The van der Waals surface area contributed by atoms with E-state index in [9.17, 15) is 13.6 Å². The molecule has 0 bridgehead atoms. The van der Waals surface area contributed by atoms with Crippen LogP contribution in [-0.4, -0.2) is 28.2 Å². The molecule has 1 heterocycles. The zero-order chi connectivity index (χ0) is 21.2. The summed E-state index contributed by atoms with van der Waals surface area (Å²) in [4.78, 5) is 15.5.